The van der Waals surface area contributed by atoms with E-state index in [0.29, 0.717) is 0 Å². The van der Waals surface area contributed by atoms with Crippen LogP contribution < -0.4 is 0 Å². The highest BCUT2D eigenvalue weighted by Crippen LogP contribution is 2.55. The van der Waals surface area contributed by atoms with Gasteiger partial charge in [-0.1, -0.05) is 13.5 Å². The first-order chi connectivity index (χ1) is 13.4. The van der Waals surface area contributed by atoms with E-state index in [1.165, 1.54) is 6.92 Å². The number of carbonyl (C=O) groups is 1. The van der Waals surface area contributed by atoms with E-state index in [4.69, 9.17) is 14.2 Å². The number of aliphatic hydroxyl groups is 3. The van der Waals surface area contributed by atoms with E-state index in [1.807, 2.05) is 13.8 Å². The molecule has 1 heterocycles. The number of hydrogen-bond donors (Lipinski definition) is 3. The lowest BCUT2D eigenvalue weighted by molar-refractivity contribution is -0.308. The van der Waals surface area contributed by atoms with Crippen LogP contribution in [0.25, 0.3) is 0 Å². The molecule has 1 aliphatic heterocycles. The van der Waals surface area contributed by atoms with Crippen molar-refractivity contribution < 1.29 is 34.3 Å². The molecule has 0 spiro atoms. The van der Waals surface area contributed by atoms with E-state index in [9.17, 15) is 20.1 Å². The zero-order chi connectivity index (χ0) is 21.6. The highest BCUT2D eigenvalue weighted by Gasteiger charge is 2.51. The summed E-state index contributed by atoms with van der Waals surface area (Å²) in [6, 6.07) is 0. The lowest BCUT2D eigenvalue weighted by Crippen LogP contribution is -2.58. The van der Waals surface area contributed by atoms with Crippen molar-refractivity contribution in [3.63, 3.8) is 0 Å². The van der Waals surface area contributed by atoms with Gasteiger partial charge >= 0.3 is 5.97 Å². The largest absolute Gasteiger partial charge is 0.454 e. The fourth-order valence-electron chi connectivity index (χ4n) is 5.36. The number of aliphatic hydroxyl groups excluding tert-OH is 3. The zero-order valence-corrected chi connectivity index (χ0v) is 18.0. The first kappa shape index (κ1) is 22.7. The molecule has 0 radical (unpaired) electrons. The quantitative estimate of drug-likeness (QED) is 0.479. The van der Waals surface area contributed by atoms with Gasteiger partial charge in [0, 0.05) is 6.92 Å². The predicted octanol–water partition coefficient (Wildman–Crippen LogP) is 1.92. The molecule has 8 atom stereocenters. The molecule has 166 valence electrons. The molecular weight excluding hydrogens is 376 g/mol. The summed E-state index contributed by atoms with van der Waals surface area (Å²) >= 11 is 0. The molecule has 0 amide bonds. The molecule has 0 aromatic carbocycles. The molecular formula is C22H36O7. The van der Waals surface area contributed by atoms with E-state index in [2.05, 4.69) is 13.5 Å². The molecule has 0 aromatic heterocycles. The number of ether oxygens (including phenoxy) is 3. The molecule has 2 aliphatic carbocycles. The molecule has 7 heteroatoms. The smallest absolute Gasteiger partial charge is 0.303 e. The van der Waals surface area contributed by atoms with Crippen molar-refractivity contribution in [3.05, 3.63) is 12.2 Å². The Morgan fingerprint density at radius 1 is 1.24 bits per heavy atom. The van der Waals surface area contributed by atoms with Crippen LogP contribution >= 0.6 is 0 Å². The Morgan fingerprint density at radius 2 is 1.90 bits per heavy atom. The predicted molar refractivity (Wildman–Crippen MR) is 106 cm³/mol. The van der Waals surface area contributed by atoms with E-state index in [-0.39, 0.29) is 23.9 Å². The minimum Gasteiger partial charge on any atom is -0.454 e. The minimum absolute atomic E-state index is 0.0892. The summed E-state index contributed by atoms with van der Waals surface area (Å²) in [5.74, 6) is -0.149. The summed E-state index contributed by atoms with van der Waals surface area (Å²) in [6.45, 7) is 11.6. The Kier molecular flexibility index (Phi) is 6.47. The average Bonchev–Trinajstić information content (AvgIpc) is 2.64. The van der Waals surface area contributed by atoms with Crippen molar-refractivity contribution >= 4 is 5.97 Å². The number of carbonyl (C=O) groups excluding carboxylic acids is 1. The molecule has 2 saturated carbocycles. The van der Waals surface area contributed by atoms with Gasteiger partial charge in [0.1, 0.15) is 12.2 Å². The second-order valence-electron chi connectivity index (χ2n) is 9.86. The van der Waals surface area contributed by atoms with E-state index < -0.39 is 42.3 Å². The van der Waals surface area contributed by atoms with Crippen molar-refractivity contribution in [2.24, 2.45) is 17.3 Å². The SMILES string of the molecule is C=C1[C@H](O)CC[C@]2(C)CC[C@@H](C(C)(C)O[C@@H]3OC[C@@H](O)[C@H](O)[C@H]3OC(C)=O)C[C@@H]12. The first-order valence-electron chi connectivity index (χ1n) is 10.6. The van der Waals surface area contributed by atoms with Crippen molar-refractivity contribution in [3.8, 4) is 0 Å². The van der Waals surface area contributed by atoms with Crippen molar-refractivity contribution in [1.82, 2.24) is 0 Å². The number of fused-ring (bicyclic) bond motifs is 1. The molecule has 0 aromatic rings. The van der Waals surface area contributed by atoms with Gasteiger partial charge in [-0.05, 0) is 68.8 Å². The number of rotatable bonds is 4. The van der Waals surface area contributed by atoms with Gasteiger partial charge in [-0.2, -0.15) is 0 Å². The van der Waals surface area contributed by atoms with Crippen LogP contribution in [0.15, 0.2) is 12.2 Å². The molecule has 29 heavy (non-hydrogen) atoms. The normalized spacial score (nSPS) is 43.6. The molecule has 0 unspecified atom stereocenters. The summed E-state index contributed by atoms with van der Waals surface area (Å²) in [6.07, 6.45) is -0.261. The summed E-state index contributed by atoms with van der Waals surface area (Å²) < 4.78 is 17.1. The van der Waals surface area contributed by atoms with Gasteiger partial charge in [-0.25, -0.2) is 0 Å². The fourth-order valence-corrected chi connectivity index (χ4v) is 5.36. The Hall–Kier alpha value is -0.990. The molecule has 3 fully saturated rings. The maximum atomic E-state index is 11.5. The summed E-state index contributed by atoms with van der Waals surface area (Å²) in [7, 11) is 0. The number of hydrogen-bond acceptors (Lipinski definition) is 7. The third kappa shape index (κ3) is 4.54. The number of esters is 1. The standard InChI is InChI=1S/C22H36O7/c1-12-15-10-14(6-8-22(15,5)9-7-16(12)24)21(3,4)29-20-19(28-13(2)23)18(26)17(25)11-27-20/h14-20,24-26H,1,6-11H2,2-5H3/t14-,15+,16-,17-,18+,19-,20+,22+/m1/s1. The average molecular weight is 413 g/mol. The van der Waals surface area contributed by atoms with Crippen LogP contribution in [0.2, 0.25) is 0 Å². The monoisotopic (exact) mass is 412 g/mol. The van der Waals surface area contributed by atoms with Crippen LogP contribution in [0.4, 0.5) is 0 Å². The summed E-state index contributed by atoms with van der Waals surface area (Å²) in [5, 5.41) is 30.5. The Morgan fingerprint density at radius 3 is 2.55 bits per heavy atom. The second kappa shape index (κ2) is 8.27. The van der Waals surface area contributed by atoms with Crippen LogP contribution in [0.3, 0.4) is 0 Å². The van der Waals surface area contributed by atoms with Gasteiger partial charge in [0.05, 0.1) is 18.3 Å². The first-order valence-corrected chi connectivity index (χ1v) is 10.6. The fraction of sp³-hybridized carbons (Fsp3) is 0.864. The van der Waals surface area contributed by atoms with Crippen LogP contribution in [0, 0.1) is 17.3 Å². The molecule has 0 bridgehead atoms. The highest BCUT2D eigenvalue weighted by molar-refractivity contribution is 5.66. The van der Waals surface area contributed by atoms with E-state index in [0.717, 1.165) is 37.7 Å². The molecule has 3 N–H and O–H groups in total. The zero-order valence-electron chi connectivity index (χ0n) is 18.0. The third-order valence-electron chi connectivity index (χ3n) is 7.43. The molecule has 1 saturated heterocycles. The Labute approximate surface area is 173 Å². The van der Waals surface area contributed by atoms with Crippen molar-refractivity contribution in [1.29, 1.82) is 0 Å². The summed E-state index contributed by atoms with van der Waals surface area (Å²) in [5.41, 5.74) is 0.462. The minimum atomic E-state index is -1.27. The van der Waals surface area contributed by atoms with Crippen LogP contribution in [-0.2, 0) is 19.0 Å². The van der Waals surface area contributed by atoms with Crippen LogP contribution in [0.5, 0.6) is 0 Å². The second-order valence-corrected chi connectivity index (χ2v) is 9.86. The van der Waals surface area contributed by atoms with Crippen molar-refractivity contribution in [2.45, 2.75) is 96.1 Å². The van der Waals surface area contributed by atoms with Gasteiger partial charge in [0.2, 0.25) is 0 Å². The lowest BCUT2D eigenvalue weighted by Gasteiger charge is -2.53. The van der Waals surface area contributed by atoms with Gasteiger partial charge in [-0.3, -0.25) is 4.79 Å². The molecule has 7 nitrogen and oxygen atoms in total. The van der Waals surface area contributed by atoms with Crippen molar-refractivity contribution in [2.75, 3.05) is 6.61 Å². The topological polar surface area (TPSA) is 105 Å². The lowest BCUT2D eigenvalue weighted by atomic mass is 9.55. The molecule has 3 aliphatic rings. The van der Waals surface area contributed by atoms with E-state index in [1.54, 1.807) is 0 Å². The third-order valence-corrected chi connectivity index (χ3v) is 7.43. The van der Waals surface area contributed by atoms with Gasteiger partial charge < -0.3 is 29.5 Å². The Balaban J connectivity index is 1.73. The van der Waals surface area contributed by atoms with Gasteiger partial charge in [0.25, 0.3) is 0 Å². The molecule has 3 rings (SSSR count). The summed E-state index contributed by atoms with van der Waals surface area (Å²) in [4.78, 5) is 11.5. The maximum Gasteiger partial charge on any atom is 0.303 e. The van der Waals surface area contributed by atoms with E-state index >= 15 is 0 Å². The maximum absolute atomic E-state index is 11.5. The van der Waals surface area contributed by atoms with Gasteiger partial charge in [0.15, 0.2) is 12.4 Å². The van der Waals surface area contributed by atoms with Gasteiger partial charge in [-0.15, -0.1) is 0 Å². The Bertz CT molecular complexity index is 633. The van der Waals surface area contributed by atoms with Crippen LogP contribution in [0.1, 0.15) is 59.8 Å². The highest BCUT2D eigenvalue weighted by atomic mass is 16.7. The van der Waals surface area contributed by atoms with Crippen LogP contribution in [-0.4, -0.2) is 64.2 Å².